The number of hydrogen-bond acceptors (Lipinski definition) is 4. The monoisotopic (exact) mass is 379 g/mol. The molecule has 0 saturated carbocycles. The number of carbonyl (C=O) groups excluding carboxylic acids is 1. The highest BCUT2D eigenvalue weighted by Gasteiger charge is 2.35. The van der Waals surface area contributed by atoms with Gasteiger partial charge in [-0.3, -0.25) is 4.79 Å². The van der Waals surface area contributed by atoms with Crippen LogP contribution in [0.3, 0.4) is 0 Å². The van der Waals surface area contributed by atoms with Crippen molar-refractivity contribution in [1.29, 1.82) is 0 Å². The molecule has 0 unspecified atom stereocenters. The number of benzene rings is 1. The maximum absolute atomic E-state index is 12.8. The number of hydrogen-bond donors (Lipinski definition) is 2. The number of rotatable bonds is 4. The van der Waals surface area contributed by atoms with Crippen molar-refractivity contribution in [3.63, 3.8) is 0 Å². The van der Waals surface area contributed by atoms with E-state index >= 15 is 0 Å². The van der Waals surface area contributed by atoms with Crippen molar-refractivity contribution in [2.45, 2.75) is 37.6 Å². The predicted molar refractivity (Wildman–Crippen MR) is 109 cm³/mol. The van der Waals surface area contributed by atoms with Crippen LogP contribution in [0.5, 0.6) is 0 Å². The van der Waals surface area contributed by atoms with E-state index in [9.17, 15) is 4.79 Å². The van der Waals surface area contributed by atoms with Crippen LogP contribution < -0.4 is 10.6 Å². The summed E-state index contributed by atoms with van der Waals surface area (Å²) in [4.78, 5) is 15.2. The zero-order valence-corrected chi connectivity index (χ0v) is 16.3. The standard InChI is InChI=1S/C23H29N3O2/c27-23(25-20-15-26-13-9-17(20)10-14-26)22-6-5-21(28-22)19-4-2-1-3-18(19)16-7-11-24-12-8-16/h1-6,16-17,20,24H,7-15H2,(H,25,27)/t20-/m0/s1. The lowest BCUT2D eigenvalue weighted by Crippen LogP contribution is -2.57. The number of nitrogens with zero attached hydrogens (tertiary/aromatic N) is 1. The zero-order chi connectivity index (χ0) is 18.9. The van der Waals surface area contributed by atoms with Crippen molar-refractivity contribution in [3.8, 4) is 11.3 Å². The van der Waals surface area contributed by atoms with E-state index in [1.54, 1.807) is 0 Å². The second-order valence-corrected chi connectivity index (χ2v) is 8.49. The first-order chi connectivity index (χ1) is 13.8. The molecule has 5 nitrogen and oxygen atoms in total. The predicted octanol–water partition coefficient (Wildman–Crippen LogP) is 3.24. The molecule has 1 aromatic carbocycles. The third kappa shape index (κ3) is 3.49. The summed E-state index contributed by atoms with van der Waals surface area (Å²) in [5.41, 5.74) is 2.46. The van der Waals surface area contributed by atoms with Gasteiger partial charge in [0.2, 0.25) is 0 Å². The molecule has 6 rings (SSSR count). The first-order valence-electron chi connectivity index (χ1n) is 10.7. The average molecular weight is 380 g/mol. The van der Waals surface area contributed by atoms with Gasteiger partial charge in [0, 0.05) is 18.2 Å². The van der Waals surface area contributed by atoms with Crippen molar-refractivity contribution in [1.82, 2.24) is 15.5 Å². The Labute approximate surface area is 166 Å². The van der Waals surface area contributed by atoms with Gasteiger partial charge < -0.3 is 20.0 Å². The molecule has 2 aromatic rings. The summed E-state index contributed by atoms with van der Waals surface area (Å²) in [6, 6.07) is 12.5. The van der Waals surface area contributed by atoms with E-state index in [2.05, 4.69) is 39.8 Å². The zero-order valence-electron chi connectivity index (χ0n) is 16.3. The minimum Gasteiger partial charge on any atom is -0.451 e. The van der Waals surface area contributed by atoms with Crippen LogP contribution in [0.2, 0.25) is 0 Å². The van der Waals surface area contributed by atoms with E-state index in [-0.39, 0.29) is 11.9 Å². The summed E-state index contributed by atoms with van der Waals surface area (Å²) in [6.45, 7) is 5.45. The molecule has 0 radical (unpaired) electrons. The Morgan fingerprint density at radius 1 is 1.04 bits per heavy atom. The van der Waals surface area contributed by atoms with Gasteiger partial charge in [0.25, 0.3) is 5.91 Å². The van der Waals surface area contributed by atoms with Gasteiger partial charge in [0.15, 0.2) is 5.76 Å². The van der Waals surface area contributed by atoms with Gasteiger partial charge in [-0.25, -0.2) is 0 Å². The van der Waals surface area contributed by atoms with Crippen LogP contribution in [0.1, 0.15) is 47.7 Å². The Morgan fingerprint density at radius 3 is 2.57 bits per heavy atom. The molecule has 2 bridgehead atoms. The smallest absolute Gasteiger partial charge is 0.287 e. The molecule has 5 heteroatoms. The Balaban J connectivity index is 1.33. The Hall–Kier alpha value is -2.11. The molecular formula is C23H29N3O2. The van der Waals surface area contributed by atoms with Crippen LogP contribution in [0.15, 0.2) is 40.8 Å². The van der Waals surface area contributed by atoms with Crippen molar-refractivity contribution < 1.29 is 9.21 Å². The second-order valence-electron chi connectivity index (χ2n) is 8.49. The van der Waals surface area contributed by atoms with Crippen molar-refractivity contribution in [2.24, 2.45) is 5.92 Å². The third-order valence-electron chi connectivity index (χ3n) is 6.81. The summed E-state index contributed by atoms with van der Waals surface area (Å²) >= 11 is 0. The van der Waals surface area contributed by atoms with Crippen LogP contribution in [-0.2, 0) is 0 Å². The topological polar surface area (TPSA) is 57.5 Å². The molecule has 1 atom stereocenters. The molecule has 2 N–H and O–H groups in total. The summed E-state index contributed by atoms with van der Waals surface area (Å²) in [5, 5.41) is 6.66. The molecule has 0 spiro atoms. The Kier molecular flexibility index (Phi) is 4.95. The van der Waals surface area contributed by atoms with Crippen LogP contribution in [0.4, 0.5) is 0 Å². The molecule has 4 fully saturated rings. The number of piperidine rings is 4. The summed E-state index contributed by atoms with van der Waals surface area (Å²) < 4.78 is 6.04. The first-order valence-corrected chi connectivity index (χ1v) is 10.7. The molecule has 0 aliphatic carbocycles. The molecule has 1 amide bonds. The maximum atomic E-state index is 12.8. The van der Waals surface area contributed by atoms with Gasteiger partial charge >= 0.3 is 0 Å². The fourth-order valence-electron chi connectivity index (χ4n) is 5.18. The van der Waals surface area contributed by atoms with Gasteiger partial charge in [-0.2, -0.15) is 0 Å². The molecule has 4 aliphatic heterocycles. The summed E-state index contributed by atoms with van der Waals surface area (Å²) in [6.07, 6.45) is 4.67. The normalized spacial score (nSPS) is 27.6. The van der Waals surface area contributed by atoms with Gasteiger partial charge in [-0.15, -0.1) is 0 Å². The molecular weight excluding hydrogens is 350 g/mol. The number of furan rings is 1. The summed E-state index contributed by atoms with van der Waals surface area (Å²) in [7, 11) is 0. The fourth-order valence-corrected chi connectivity index (χ4v) is 5.18. The molecule has 1 aromatic heterocycles. The molecule has 28 heavy (non-hydrogen) atoms. The number of amides is 1. The molecule has 148 valence electrons. The first kappa shape index (κ1) is 18.0. The van der Waals surface area contributed by atoms with Gasteiger partial charge in [-0.1, -0.05) is 24.3 Å². The lowest BCUT2D eigenvalue weighted by Gasteiger charge is -2.44. The molecule has 5 heterocycles. The molecule has 4 saturated heterocycles. The van der Waals surface area contributed by atoms with Crippen LogP contribution >= 0.6 is 0 Å². The number of fused-ring (bicyclic) bond motifs is 3. The highest BCUT2D eigenvalue weighted by atomic mass is 16.3. The minimum atomic E-state index is -0.0793. The largest absolute Gasteiger partial charge is 0.451 e. The lowest BCUT2D eigenvalue weighted by molar-refractivity contribution is 0.0606. The Bertz CT molecular complexity index is 832. The Morgan fingerprint density at radius 2 is 1.82 bits per heavy atom. The van der Waals surface area contributed by atoms with E-state index in [0.29, 0.717) is 17.6 Å². The van der Waals surface area contributed by atoms with E-state index < -0.39 is 0 Å². The highest BCUT2D eigenvalue weighted by Crippen LogP contribution is 2.35. The van der Waals surface area contributed by atoms with Crippen LogP contribution in [0, 0.1) is 5.92 Å². The third-order valence-corrected chi connectivity index (χ3v) is 6.81. The quantitative estimate of drug-likeness (QED) is 0.856. The van der Waals surface area contributed by atoms with Gasteiger partial charge in [0.1, 0.15) is 5.76 Å². The van der Waals surface area contributed by atoms with Gasteiger partial charge in [0.05, 0.1) is 0 Å². The molecule has 4 aliphatic rings. The number of carbonyl (C=O) groups is 1. The van der Waals surface area contributed by atoms with Crippen molar-refractivity contribution in [2.75, 3.05) is 32.7 Å². The van der Waals surface area contributed by atoms with Crippen molar-refractivity contribution in [3.05, 3.63) is 47.7 Å². The number of nitrogens with one attached hydrogen (secondary N) is 2. The average Bonchev–Trinajstić information content (AvgIpc) is 3.26. The SMILES string of the molecule is O=C(N[C@H]1CN2CCC1CC2)c1ccc(-c2ccccc2C2CCNCC2)o1. The van der Waals surface area contributed by atoms with E-state index in [1.165, 1.54) is 31.5 Å². The second kappa shape index (κ2) is 7.72. The van der Waals surface area contributed by atoms with E-state index in [0.717, 1.165) is 43.8 Å². The minimum absolute atomic E-state index is 0.0793. The lowest BCUT2D eigenvalue weighted by atomic mass is 9.84. The summed E-state index contributed by atoms with van der Waals surface area (Å²) in [5.74, 6) is 2.31. The van der Waals surface area contributed by atoms with Crippen LogP contribution in [0.25, 0.3) is 11.3 Å². The van der Waals surface area contributed by atoms with Crippen molar-refractivity contribution >= 4 is 5.91 Å². The highest BCUT2D eigenvalue weighted by molar-refractivity contribution is 5.92. The maximum Gasteiger partial charge on any atom is 0.287 e. The fraction of sp³-hybridized carbons (Fsp3) is 0.522. The van der Waals surface area contributed by atoms with E-state index in [4.69, 9.17) is 4.42 Å². The van der Waals surface area contributed by atoms with Crippen LogP contribution in [-0.4, -0.2) is 49.6 Å². The van der Waals surface area contributed by atoms with E-state index in [1.807, 2.05) is 12.1 Å². The van der Waals surface area contributed by atoms with Gasteiger partial charge in [-0.05, 0) is 81.4 Å².